The molecule has 3 N–H and O–H groups in total. The van der Waals surface area contributed by atoms with E-state index in [0.717, 1.165) is 51.1 Å². The molecule has 7 nitrogen and oxygen atoms in total. The van der Waals surface area contributed by atoms with Gasteiger partial charge < -0.3 is 15.4 Å². The number of likely N-dealkylation sites (tertiary alicyclic amines) is 1. The van der Waals surface area contributed by atoms with E-state index in [-0.39, 0.29) is 5.91 Å². The lowest BCUT2D eigenvalue weighted by molar-refractivity contribution is 0.0934. The summed E-state index contributed by atoms with van der Waals surface area (Å²) < 4.78 is 5.01. The van der Waals surface area contributed by atoms with E-state index in [4.69, 9.17) is 4.74 Å². The van der Waals surface area contributed by atoms with Gasteiger partial charge in [0.2, 0.25) is 0 Å². The number of aromatic amines is 1. The first-order valence-corrected chi connectivity index (χ1v) is 10.1. The number of nitrogens with one attached hydrogen (secondary N) is 3. The van der Waals surface area contributed by atoms with E-state index in [9.17, 15) is 4.79 Å². The molecule has 1 aromatic heterocycles. The fraction of sp³-hybridized carbons (Fsp3) is 0.524. The smallest absolute Gasteiger partial charge is 0.254 e. The molecule has 150 valence electrons. The molecule has 1 fully saturated rings. The number of hydrogen-bond acceptors (Lipinski definition) is 5. The summed E-state index contributed by atoms with van der Waals surface area (Å²) in [5, 5.41) is 13.7. The summed E-state index contributed by atoms with van der Waals surface area (Å²) in [4.78, 5) is 15.0. The summed E-state index contributed by atoms with van der Waals surface area (Å²) in [6.07, 6.45) is 4.95. The van der Waals surface area contributed by atoms with Gasteiger partial charge in [0.05, 0.1) is 24.1 Å². The number of piperidine rings is 1. The fourth-order valence-electron chi connectivity index (χ4n) is 4.37. The van der Waals surface area contributed by atoms with Gasteiger partial charge in [-0.15, -0.1) is 0 Å². The van der Waals surface area contributed by atoms with Crippen LogP contribution in [0.25, 0.3) is 0 Å². The van der Waals surface area contributed by atoms with Crippen molar-refractivity contribution in [2.45, 2.75) is 31.7 Å². The van der Waals surface area contributed by atoms with Gasteiger partial charge in [-0.05, 0) is 36.9 Å². The van der Waals surface area contributed by atoms with Crippen LogP contribution in [-0.4, -0.2) is 60.9 Å². The molecule has 2 aliphatic heterocycles. The van der Waals surface area contributed by atoms with Gasteiger partial charge in [0, 0.05) is 44.9 Å². The van der Waals surface area contributed by atoms with Gasteiger partial charge in [-0.2, -0.15) is 5.10 Å². The number of nitrogens with zero attached hydrogens (tertiary/aromatic N) is 2. The average molecular weight is 383 g/mol. The molecule has 2 aliphatic rings. The Hall–Kier alpha value is -2.38. The Bertz CT molecular complexity index is 819. The van der Waals surface area contributed by atoms with Crippen molar-refractivity contribution in [3.05, 3.63) is 46.8 Å². The first-order chi connectivity index (χ1) is 13.8. The highest BCUT2D eigenvalue weighted by molar-refractivity contribution is 5.95. The molecule has 0 bridgehead atoms. The Morgan fingerprint density at radius 2 is 2.36 bits per heavy atom. The Morgan fingerprint density at radius 3 is 3.25 bits per heavy atom. The van der Waals surface area contributed by atoms with Gasteiger partial charge in [-0.3, -0.25) is 14.8 Å². The summed E-state index contributed by atoms with van der Waals surface area (Å²) in [6.45, 7) is 5.00. The second-order valence-corrected chi connectivity index (χ2v) is 7.65. The first-order valence-electron chi connectivity index (χ1n) is 10.1. The predicted molar refractivity (Wildman–Crippen MR) is 109 cm³/mol. The van der Waals surface area contributed by atoms with Gasteiger partial charge in [-0.1, -0.05) is 18.2 Å². The Kier molecular flexibility index (Phi) is 5.92. The molecule has 1 aromatic carbocycles. The molecular formula is C21H29N5O2. The quantitative estimate of drug-likeness (QED) is 0.638. The van der Waals surface area contributed by atoms with Gasteiger partial charge in [0.15, 0.2) is 0 Å². The Labute approximate surface area is 165 Å². The molecule has 7 heteroatoms. The van der Waals surface area contributed by atoms with E-state index in [2.05, 4.69) is 43.9 Å². The van der Waals surface area contributed by atoms with Crippen LogP contribution in [0.15, 0.2) is 24.4 Å². The number of aromatic nitrogens is 2. The molecule has 1 atom stereocenters. The number of fused-ring (bicyclic) bond motifs is 1. The number of benzene rings is 1. The van der Waals surface area contributed by atoms with Crippen molar-refractivity contribution in [1.29, 1.82) is 0 Å². The average Bonchev–Trinajstić information content (AvgIpc) is 3.38. The van der Waals surface area contributed by atoms with Gasteiger partial charge >= 0.3 is 0 Å². The number of rotatable bonds is 7. The molecule has 3 heterocycles. The van der Waals surface area contributed by atoms with Crippen LogP contribution < -0.4 is 10.6 Å². The molecule has 0 aliphatic carbocycles. The zero-order valence-electron chi connectivity index (χ0n) is 16.5. The zero-order valence-corrected chi connectivity index (χ0v) is 16.5. The molecule has 0 radical (unpaired) electrons. The normalized spacial score (nSPS) is 19.2. The second kappa shape index (κ2) is 8.75. The molecule has 28 heavy (non-hydrogen) atoms. The zero-order chi connectivity index (χ0) is 19.3. The van der Waals surface area contributed by atoms with Gasteiger partial charge in [0.25, 0.3) is 5.91 Å². The fourth-order valence-corrected chi connectivity index (χ4v) is 4.37. The number of H-pyrrole nitrogens is 1. The minimum atomic E-state index is -0.0806. The summed E-state index contributed by atoms with van der Waals surface area (Å²) in [5.74, 6) is 0.215. The number of amides is 1. The summed E-state index contributed by atoms with van der Waals surface area (Å²) in [7, 11) is 1.63. The molecule has 0 spiro atoms. The largest absolute Gasteiger partial charge is 0.384 e. The summed E-state index contributed by atoms with van der Waals surface area (Å²) in [6, 6.07) is 6.61. The number of carbonyl (C=O) groups excluding carboxylic acids is 1. The van der Waals surface area contributed by atoms with Gasteiger partial charge in [-0.25, -0.2) is 0 Å². The van der Waals surface area contributed by atoms with E-state index < -0.39 is 0 Å². The van der Waals surface area contributed by atoms with Crippen molar-refractivity contribution in [3.63, 3.8) is 0 Å². The Balaban J connectivity index is 1.43. The molecule has 1 saturated heterocycles. The number of ether oxygens (including phenoxy) is 1. The number of para-hydroxylation sites is 1. The van der Waals surface area contributed by atoms with Crippen molar-refractivity contribution in [2.75, 3.05) is 45.2 Å². The molecule has 0 saturated carbocycles. The predicted octanol–water partition coefficient (Wildman–Crippen LogP) is 2.13. The van der Waals surface area contributed by atoms with Crippen LogP contribution in [0.2, 0.25) is 0 Å². The third kappa shape index (κ3) is 4.05. The van der Waals surface area contributed by atoms with E-state index in [1.807, 2.05) is 0 Å². The van der Waals surface area contributed by atoms with Crippen LogP contribution in [0.5, 0.6) is 0 Å². The summed E-state index contributed by atoms with van der Waals surface area (Å²) >= 11 is 0. The van der Waals surface area contributed by atoms with Crippen LogP contribution in [0.1, 0.15) is 45.9 Å². The first kappa shape index (κ1) is 19.0. The van der Waals surface area contributed by atoms with Crippen LogP contribution in [0.4, 0.5) is 5.69 Å². The van der Waals surface area contributed by atoms with Crippen molar-refractivity contribution in [1.82, 2.24) is 20.4 Å². The Morgan fingerprint density at radius 1 is 1.43 bits per heavy atom. The lowest BCUT2D eigenvalue weighted by Gasteiger charge is -2.33. The van der Waals surface area contributed by atoms with E-state index >= 15 is 0 Å². The standard InChI is InChI=1S/C21H29N5O2/c1-28-11-9-23-21(27)18-12-24-25-20(18)17-6-3-10-26(14-17)13-16-5-2-4-15-7-8-22-19(15)16/h2,4-5,12,17,22H,3,6-11,13-14H2,1H3,(H,23,27)(H,24,25). The monoisotopic (exact) mass is 383 g/mol. The number of carbonyl (C=O) groups is 1. The molecule has 1 amide bonds. The van der Waals surface area contributed by atoms with E-state index in [0.29, 0.717) is 24.6 Å². The number of methoxy groups -OCH3 is 1. The molecule has 1 unspecified atom stereocenters. The molecule has 2 aromatic rings. The summed E-state index contributed by atoms with van der Waals surface area (Å²) in [5.41, 5.74) is 5.73. The highest BCUT2D eigenvalue weighted by Gasteiger charge is 2.27. The van der Waals surface area contributed by atoms with E-state index in [1.54, 1.807) is 13.3 Å². The minimum absolute atomic E-state index is 0.0806. The minimum Gasteiger partial charge on any atom is -0.384 e. The number of hydrogen-bond donors (Lipinski definition) is 3. The highest BCUT2D eigenvalue weighted by atomic mass is 16.5. The van der Waals surface area contributed by atoms with Crippen molar-refractivity contribution < 1.29 is 9.53 Å². The molecule has 4 rings (SSSR count). The highest BCUT2D eigenvalue weighted by Crippen LogP contribution is 2.31. The van der Waals surface area contributed by atoms with Crippen LogP contribution in [0.3, 0.4) is 0 Å². The third-order valence-corrected chi connectivity index (χ3v) is 5.75. The van der Waals surface area contributed by atoms with Crippen LogP contribution >= 0.6 is 0 Å². The third-order valence-electron chi connectivity index (χ3n) is 5.75. The van der Waals surface area contributed by atoms with Crippen molar-refractivity contribution in [2.24, 2.45) is 0 Å². The van der Waals surface area contributed by atoms with Crippen LogP contribution in [0, 0.1) is 0 Å². The second-order valence-electron chi connectivity index (χ2n) is 7.65. The molecular weight excluding hydrogens is 354 g/mol. The lowest BCUT2D eigenvalue weighted by atomic mass is 9.92. The SMILES string of the molecule is COCCNC(=O)c1cn[nH]c1C1CCCN(Cc2cccc3c2NCC3)C1. The van der Waals surface area contributed by atoms with Crippen molar-refractivity contribution >= 4 is 11.6 Å². The maximum Gasteiger partial charge on any atom is 0.254 e. The van der Waals surface area contributed by atoms with Gasteiger partial charge in [0.1, 0.15) is 0 Å². The maximum absolute atomic E-state index is 12.5. The maximum atomic E-state index is 12.5. The van der Waals surface area contributed by atoms with Crippen molar-refractivity contribution in [3.8, 4) is 0 Å². The lowest BCUT2D eigenvalue weighted by Crippen LogP contribution is -2.35. The topological polar surface area (TPSA) is 82.3 Å². The van der Waals surface area contributed by atoms with E-state index in [1.165, 1.54) is 16.8 Å². The van der Waals surface area contributed by atoms with Crippen LogP contribution in [-0.2, 0) is 17.7 Å². The number of anilines is 1.